The van der Waals surface area contributed by atoms with Crippen molar-refractivity contribution in [1.29, 1.82) is 0 Å². The number of carbonyl (C=O) groups is 2. The highest BCUT2D eigenvalue weighted by atomic mass is 16.5. The van der Waals surface area contributed by atoms with Gasteiger partial charge >= 0.3 is 0 Å². The monoisotopic (exact) mass is 390 g/mol. The number of benzene rings is 1. The summed E-state index contributed by atoms with van der Waals surface area (Å²) in [6.07, 6.45) is 1.05. The zero-order chi connectivity index (χ0) is 20.2. The van der Waals surface area contributed by atoms with Gasteiger partial charge in [0.15, 0.2) is 6.61 Å². The zero-order valence-electron chi connectivity index (χ0n) is 16.7. The quantitative estimate of drug-likeness (QED) is 0.355. The SMILES string of the molecule is C/C(CC(=O)NCCCN1CCOCC1)=N/NC(=O)COc1ccc(C)cc1. The van der Waals surface area contributed by atoms with E-state index in [0.29, 0.717) is 18.0 Å². The fraction of sp³-hybridized carbons (Fsp3) is 0.550. The van der Waals surface area contributed by atoms with Crippen LogP contribution in [0.15, 0.2) is 29.4 Å². The third-order valence-corrected chi connectivity index (χ3v) is 4.26. The number of amides is 2. The second-order valence-electron chi connectivity index (χ2n) is 6.82. The molecule has 0 radical (unpaired) electrons. The van der Waals surface area contributed by atoms with Gasteiger partial charge in [-0.3, -0.25) is 14.5 Å². The van der Waals surface area contributed by atoms with Crippen LogP contribution >= 0.6 is 0 Å². The second-order valence-corrected chi connectivity index (χ2v) is 6.82. The molecule has 8 heteroatoms. The van der Waals surface area contributed by atoms with Gasteiger partial charge in [0.2, 0.25) is 5.91 Å². The number of ether oxygens (including phenoxy) is 2. The second kappa shape index (κ2) is 12.1. The molecule has 2 N–H and O–H groups in total. The molecule has 8 nitrogen and oxygen atoms in total. The predicted octanol–water partition coefficient (Wildman–Crippen LogP) is 1.09. The fourth-order valence-corrected chi connectivity index (χ4v) is 2.66. The normalized spacial score (nSPS) is 15.1. The summed E-state index contributed by atoms with van der Waals surface area (Å²) in [6, 6.07) is 7.44. The molecule has 1 aliphatic heterocycles. The van der Waals surface area contributed by atoms with E-state index >= 15 is 0 Å². The van der Waals surface area contributed by atoms with Gasteiger partial charge in [-0.15, -0.1) is 0 Å². The van der Waals surface area contributed by atoms with Crippen molar-refractivity contribution in [3.8, 4) is 5.75 Å². The predicted molar refractivity (Wildman–Crippen MR) is 107 cm³/mol. The first-order valence-corrected chi connectivity index (χ1v) is 9.61. The first-order valence-electron chi connectivity index (χ1n) is 9.61. The molecule has 2 amide bonds. The van der Waals surface area contributed by atoms with Crippen LogP contribution in [-0.2, 0) is 14.3 Å². The van der Waals surface area contributed by atoms with Crippen LogP contribution in [-0.4, -0.2) is 68.4 Å². The topological polar surface area (TPSA) is 92.3 Å². The number of rotatable bonds is 10. The van der Waals surface area contributed by atoms with Crippen molar-refractivity contribution in [2.24, 2.45) is 5.10 Å². The Hall–Kier alpha value is -2.45. The third-order valence-electron chi connectivity index (χ3n) is 4.26. The Balaban J connectivity index is 1.56. The fourth-order valence-electron chi connectivity index (χ4n) is 2.66. The molecule has 0 saturated carbocycles. The van der Waals surface area contributed by atoms with Crippen LogP contribution in [0.1, 0.15) is 25.3 Å². The smallest absolute Gasteiger partial charge is 0.277 e. The highest BCUT2D eigenvalue weighted by molar-refractivity contribution is 6.00. The van der Waals surface area contributed by atoms with Crippen LogP contribution < -0.4 is 15.5 Å². The average molecular weight is 390 g/mol. The van der Waals surface area contributed by atoms with E-state index in [-0.39, 0.29) is 24.8 Å². The molecule has 1 aromatic rings. The Morgan fingerprint density at radius 3 is 2.61 bits per heavy atom. The maximum absolute atomic E-state index is 11.9. The van der Waals surface area contributed by atoms with Crippen LogP contribution in [0.5, 0.6) is 5.75 Å². The first-order chi connectivity index (χ1) is 13.5. The summed E-state index contributed by atoms with van der Waals surface area (Å²) in [5.74, 6) is 0.150. The minimum absolute atomic E-state index is 0.103. The van der Waals surface area contributed by atoms with E-state index in [2.05, 4.69) is 20.7 Å². The molecule has 2 rings (SSSR count). The summed E-state index contributed by atoms with van der Waals surface area (Å²) < 4.78 is 10.7. The number of carbonyl (C=O) groups excluding carboxylic acids is 2. The Morgan fingerprint density at radius 1 is 1.18 bits per heavy atom. The van der Waals surface area contributed by atoms with E-state index in [1.54, 1.807) is 19.1 Å². The van der Waals surface area contributed by atoms with Crippen LogP contribution in [0.4, 0.5) is 0 Å². The largest absolute Gasteiger partial charge is 0.484 e. The van der Waals surface area contributed by atoms with Crippen LogP contribution in [0.2, 0.25) is 0 Å². The summed E-state index contributed by atoms with van der Waals surface area (Å²) in [7, 11) is 0. The summed E-state index contributed by atoms with van der Waals surface area (Å²) >= 11 is 0. The lowest BCUT2D eigenvalue weighted by atomic mass is 10.2. The molecular weight excluding hydrogens is 360 g/mol. The summed E-state index contributed by atoms with van der Waals surface area (Å²) in [5.41, 5.74) is 4.06. The Bertz CT molecular complexity index is 655. The zero-order valence-corrected chi connectivity index (χ0v) is 16.7. The molecule has 0 aromatic heterocycles. The van der Waals surface area contributed by atoms with Crippen LogP contribution in [0.25, 0.3) is 0 Å². The van der Waals surface area contributed by atoms with Crippen molar-refractivity contribution in [2.45, 2.75) is 26.7 Å². The van der Waals surface area contributed by atoms with Gasteiger partial charge in [0, 0.05) is 25.3 Å². The van der Waals surface area contributed by atoms with E-state index in [1.807, 2.05) is 19.1 Å². The average Bonchev–Trinajstić information content (AvgIpc) is 2.70. The number of aryl methyl sites for hydroxylation is 1. The van der Waals surface area contributed by atoms with Crippen LogP contribution in [0, 0.1) is 6.92 Å². The Morgan fingerprint density at radius 2 is 1.89 bits per heavy atom. The minimum atomic E-state index is -0.370. The summed E-state index contributed by atoms with van der Waals surface area (Å²) in [4.78, 5) is 26.0. The molecule has 154 valence electrons. The summed E-state index contributed by atoms with van der Waals surface area (Å²) in [5, 5.41) is 6.82. The van der Waals surface area contributed by atoms with Gasteiger partial charge in [0.05, 0.1) is 19.6 Å². The highest BCUT2D eigenvalue weighted by Gasteiger charge is 2.10. The Labute approximate surface area is 166 Å². The van der Waals surface area contributed by atoms with E-state index < -0.39 is 0 Å². The first kappa shape index (κ1) is 21.8. The molecule has 1 heterocycles. The van der Waals surface area contributed by atoms with E-state index in [1.165, 1.54) is 0 Å². The number of nitrogens with one attached hydrogen (secondary N) is 2. The summed E-state index contributed by atoms with van der Waals surface area (Å²) in [6.45, 7) is 8.60. The van der Waals surface area contributed by atoms with E-state index in [9.17, 15) is 9.59 Å². The van der Waals surface area contributed by atoms with E-state index in [4.69, 9.17) is 9.47 Å². The molecule has 0 unspecified atom stereocenters. The van der Waals surface area contributed by atoms with Crippen molar-refractivity contribution in [2.75, 3.05) is 46.0 Å². The maximum atomic E-state index is 11.9. The number of hydrazone groups is 1. The third kappa shape index (κ3) is 8.96. The van der Waals surface area contributed by atoms with Gasteiger partial charge in [-0.25, -0.2) is 5.43 Å². The van der Waals surface area contributed by atoms with Crippen molar-refractivity contribution in [1.82, 2.24) is 15.6 Å². The van der Waals surface area contributed by atoms with Crippen molar-refractivity contribution in [3.05, 3.63) is 29.8 Å². The lowest BCUT2D eigenvalue weighted by molar-refractivity contribution is -0.123. The molecule has 0 spiro atoms. The molecule has 0 bridgehead atoms. The molecule has 0 atom stereocenters. The van der Waals surface area contributed by atoms with E-state index in [0.717, 1.165) is 44.8 Å². The maximum Gasteiger partial charge on any atom is 0.277 e. The van der Waals surface area contributed by atoms with Crippen molar-refractivity contribution < 1.29 is 19.1 Å². The van der Waals surface area contributed by atoms with Gasteiger partial charge in [0.1, 0.15) is 5.75 Å². The highest BCUT2D eigenvalue weighted by Crippen LogP contribution is 2.10. The van der Waals surface area contributed by atoms with Gasteiger partial charge in [0.25, 0.3) is 5.91 Å². The molecule has 1 saturated heterocycles. The number of nitrogens with zero attached hydrogens (tertiary/aromatic N) is 2. The lowest BCUT2D eigenvalue weighted by Gasteiger charge is -2.26. The Kier molecular flexibility index (Phi) is 9.44. The van der Waals surface area contributed by atoms with Gasteiger partial charge in [-0.2, -0.15) is 5.10 Å². The standard InChI is InChI=1S/C20H30N4O4/c1-16-4-6-18(7-5-16)28-15-20(26)23-22-17(2)14-19(25)21-8-3-9-24-10-12-27-13-11-24/h4-7H,3,8-15H2,1-2H3,(H,21,25)(H,23,26)/b22-17-. The van der Waals surface area contributed by atoms with Crippen molar-refractivity contribution >= 4 is 17.5 Å². The number of morpholine rings is 1. The lowest BCUT2D eigenvalue weighted by Crippen LogP contribution is -2.38. The molecule has 0 aliphatic carbocycles. The van der Waals surface area contributed by atoms with Crippen LogP contribution in [0.3, 0.4) is 0 Å². The van der Waals surface area contributed by atoms with Gasteiger partial charge in [-0.1, -0.05) is 17.7 Å². The van der Waals surface area contributed by atoms with Crippen molar-refractivity contribution in [3.63, 3.8) is 0 Å². The minimum Gasteiger partial charge on any atom is -0.484 e. The molecule has 1 fully saturated rings. The van der Waals surface area contributed by atoms with Gasteiger partial charge < -0.3 is 14.8 Å². The molecular formula is C20H30N4O4. The molecule has 1 aliphatic rings. The molecule has 28 heavy (non-hydrogen) atoms. The number of hydrogen-bond acceptors (Lipinski definition) is 6. The van der Waals surface area contributed by atoms with Gasteiger partial charge in [-0.05, 0) is 38.9 Å². The number of hydrogen-bond donors (Lipinski definition) is 2. The molecule has 1 aromatic carbocycles.